The zero-order valence-corrected chi connectivity index (χ0v) is 15.4. The first-order chi connectivity index (χ1) is 13.1. The lowest BCUT2D eigenvalue weighted by Crippen LogP contribution is -2.35. The van der Waals surface area contributed by atoms with Crippen molar-refractivity contribution in [3.05, 3.63) is 40.7 Å². The van der Waals surface area contributed by atoms with Gasteiger partial charge < -0.3 is 15.1 Å². The fourth-order valence-electron chi connectivity index (χ4n) is 3.37. The van der Waals surface area contributed by atoms with Gasteiger partial charge in [-0.15, -0.1) is 0 Å². The standard InChI is InChI=1S/C18H18N6O2S/c19-11-23-6-3-13(9-23)16(25)22-18-21-14-4-7-24(10-15(14)27-18)17(26)12-2-1-5-20-8-12/h1-2,5,8,13H,3-4,6-7,9-10H2,(H,21,22,25). The zero-order valence-electron chi connectivity index (χ0n) is 14.6. The number of fused-ring (bicyclic) bond motifs is 1. The predicted octanol–water partition coefficient (Wildman–Crippen LogP) is 1.48. The molecule has 0 bridgehead atoms. The Morgan fingerprint density at radius 2 is 2.26 bits per heavy atom. The summed E-state index contributed by atoms with van der Waals surface area (Å²) in [4.78, 5) is 37.9. The molecule has 0 spiro atoms. The van der Waals surface area contributed by atoms with Crippen molar-refractivity contribution in [2.24, 2.45) is 5.92 Å². The summed E-state index contributed by atoms with van der Waals surface area (Å²) in [5.41, 5.74) is 1.51. The van der Waals surface area contributed by atoms with Gasteiger partial charge in [-0.25, -0.2) is 4.98 Å². The molecule has 4 rings (SSSR count). The molecule has 9 heteroatoms. The monoisotopic (exact) mass is 382 g/mol. The van der Waals surface area contributed by atoms with Crippen molar-refractivity contribution in [2.75, 3.05) is 25.0 Å². The molecular formula is C18H18N6O2S. The number of hydrogen-bond acceptors (Lipinski definition) is 7. The van der Waals surface area contributed by atoms with Crippen LogP contribution in [-0.2, 0) is 17.8 Å². The molecule has 4 heterocycles. The average molecular weight is 382 g/mol. The van der Waals surface area contributed by atoms with E-state index in [-0.39, 0.29) is 17.7 Å². The molecule has 1 fully saturated rings. The number of rotatable bonds is 3. The van der Waals surface area contributed by atoms with E-state index in [2.05, 4.69) is 21.5 Å². The van der Waals surface area contributed by atoms with Crippen molar-refractivity contribution in [3.8, 4) is 6.19 Å². The Morgan fingerprint density at radius 3 is 3.00 bits per heavy atom. The van der Waals surface area contributed by atoms with Crippen LogP contribution in [0.3, 0.4) is 0 Å². The van der Waals surface area contributed by atoms with Crippen molar-refractivity contribution < 1.29 is 9.59 Å². The van der Waals surface area contributed by atoms with Crippen LogP contribution in [0.15, 0.2) is 24.5 Å². The molecule has 0 aliphatic carbocycles. The normalized spacial score (nSPS) is 18.7. The molecule has 0 aromatic carbocycles. The molecular weight excluding hydrogens is 364 g/mol. The number of pyridine rings is 1. The van der Waals surface area contributed by atoms with Crippen LogP contribution in [0, 0.1) is 17.4 Å². The molecule has 2 aliphatic heterocycles. The molecule has 2 aliphatic rings. The second kappa shape index (κ2) is 7.32. The molecule has 0 radical (unpaired) electrons. The number of carbonyl (C=O) groups is 2. The van der Waals surface area contributed by atoms with Crippen LogP contribution in [0.4, 0.5) is 5.13 Å². The maximum atomic E-state index is 12.6. The van der Waals surface area contributed by atoms with Crippen LogP contribution in [0.25, 0.3) is 0 Å². The van der Waals surface area contributed by atoms with Gasteiger partial charge in [0.05, 0.1) is 23.7 Å². The van der Waals surface area contributed by atoms with E-state index in [0.717, 1.165) is 10.6 Å². The largest absolute Gasteiger partial charge is 0.333 e. The minimum Gasteiger partial charge on any atom is -0.333 e. The molecule has 2 aromatic heterocycles. The van der Waals surface area contributed by atoms with Crippen LogP contribution in [0.5, 0.6) is 0 Å². The van der Waals surface area contributed by atoms with E-state index in [1.54, 1.807) is 34.3 Å². The summed E-state index contributed by atoms with van der Waals surface area (Å²) in [6.45, 7) is 2.16. The fraction of sp³-hybridized carbons (Fsp3) is 0.389. The summed E-state index contributed by atoms with van der Waals surface area (Å²) >= 11 is 1.41. The quantitative estimate of drug-likeness (QED) is 0.807. The van der Waals surface area contributed by atoms with E-state index in [4.69, 9.17) is 5.26 Å². The van der Waals surface area contributed by atoms with E-state index in [9.17, 15) is 9.59 Å². The number of nitriles is 1. The third-order valence-corrected chi connectivity index (χ3v) is 5.86. The molecule has 1 unspecified atom stereocenters. The molecule has 138 valence electrons. The van der Waals surface area contributed by atoms with Crippen LogP contribution >= 0.6 is 11.3 Å². The number of nitrogens with one attached hydrogen (secondary N) is 1. The Hall–Kier alpha value is -2.99. The van der Waals surface area contributed by atoms with Gasteiger partial charge in [0, 0.05) is 43.3 Å². The fourth-order valence-corrected chi connectivity index (χ4v) is 4.39. The molecule has 27 heavy (non-hydrogen) atoms. The molecule has 2 aromatic rings. The minimum absolute atomic E-state index is 0.0460. The van der Waals surface area contributed by atoms with Gasteiger partial charge in [-0.3, -0.25) is 14.6 Å². The average Bonchev–Trinajstić information content (AvgIpc) is 3.33. The number of amides is 2. The molecule has 1 atom stereocenters. The van der Waals surface area contributed by atoms with Crippen molar-refractivity contribution >= 4 is 28.3 Å². The number of carbonyl (C=O) groups excluding carboxylic acids is 2. The van der Waals surface area contributed by atoms with Crippen molar-refractivity contribution in [3.63, 3.8) is 0 Å². The first kappa shape index (κ1) is 17.4. The van der Waals surface area contributed by atoms with Crippen LogP contribution < -0.4 is 5.32 Å². The lowest BCUT2D eigenvalue weighted by molar-refractivity contribution is -0.119. The van der Waals surface area contributed by atoms with Gasteiger partial charge in [0.15, 0.2) is 11.3 Å². The third kappa shape index (κ3) is 3.61. The predicted molar refractivity (Wildman–Crippen MR) is 98.7 cm³/mol. The first-order valence-electron chi connectivity index (χ1n) is 8.77. The topological polar surface area (TPSA) is 102 Å². The van der Waals surface area contributed by atoms with Crippen LogP contribution in [0.1, 0.15) is 27.3 Å². The Bertz CT molecular complexity index is 906. The van der Waals surface area contributed by atoms with Gasteiger partial charge in [-0.05, 0) is 18.6 Å². The molecule has 8 nitrogen and oxygen atoms in total. The van der Waals surface area contributed by atoms with Crippen LogP contribution in [-0.4, -0.2) is 51.2 Å². The first-order valence-corrected chi connectivity index (χ1v) is 9.59. The second-order valence-corrected chi connectivity index (χ2v) is 7.71. The van der Waals surface area contributed by atoms with Gasteiger partial charge in [-0.1, -0.05) is 11.3 Å². The Morgan fingerprint density at radius 1 is 1.37 bits per heavy atom. The summed E-state index contributed by atoms with van der Waals surface area (Å²) in [5.74, 6) is -0.327. The molecule has 0 saturated carbocycles. The number of aromatic nitrogens is 2. The number of hydrogen-bond donors (Lipinski definition) is 1. The number of nitrogens with zero attached hydrogens (tertiary/aromatic N) is 5. The lowest BCUT2D eigenvalue weighted by Gasteiger charge is -2.25. The van der Waals surface area contributed by atoms with Gasteiger partial charge in [0.2, 0.25) is 5.91 Å². The van der Waals surface area contributed by atoms with Crippen LogP contribution in [0.2, 0.25) is 0 Å². The van der Waals surface area contributed by atoms with Gasteiger partial charge in [0.1, 0.15) is 0 Å². The van der Waals surface area contributed by atoms with Crippen molar-refractivity contribution in [1.82, 2.24) is 19.8 Å². The Kier molecular flexibility index (Phi) is 4.73. The highest BCUT2D eigenvalue weighted by Gasteiger charge is 2.29. The van der Waals surface area contributed by atoms with E-state index in [1.165, 1.54) is 11.3 Å². The summed E-state index contributed by atoms with van der Waals surface area (Å²) in [6, 6.07) is 3.51. The zero-order chi connectivity index (χ0) is 18.8. The molecule has 2 amide bonds. The van der Waals surface area contributed by atoms with Gasteiger partial charge >= 0.3 is 0 Å². The van der Waals surface area contributed by atoms with Gasteiger partial charge in [0.25, 0.3) is 5.91 Å². The van der Waals surface area contributed by atoms with Gasteiger partial charge in [-0.2, -0.15) is 5.26 Å². The summed E-state index contributed by atoms with van der Waals surface area (Å²) in [6.07, 6.45) is 6.64. The third-order valence-electron chi connectivity index (χ3n) is 4.86. The highest BCUT2D eigenvalue weighted by atomic mass is 32.1. The maximum absolute atomic E-state index is 12.6. The number of thiazole rings is 1. The van der Waals surface area contributed by atoms with E-state index >= 15 is 0 Å². The summed E-state index contributed by atoms with van der Waals surface area (Å²) in [7, 11) is 0. The maximum Gasteiger partial charge on any atom is 0.255 e. The second-order valence-electron chi connectivity index (χ2n) is 6.63. The van der Waals surface area contributed by atoms with E-state index < -0.39 is 0 Å². The molecule has 1 N–H and O–H groups in total. The molecule has 1 saturated heterocycles. The summed E-state index contributed by atoms with van der Waals surface area (Å²) < 4.78 is 0. The van der Waals surface area contributed by atoms with E-state index in [1.807, 2.05) is 0 Å². The lowest BCUT2D eigenvalue weighted by atomic mass is 10.1. The highest BCUT2D eigenvalue weighted by molar-refractivity contribution is 7.15. The Labute approximate surface area is 160 Å². The number of anilines is 1. The highest BCUT2D eigenvalue weighted by Crippen LogP contribution is 2.29. The van der Waals surface area contributed by atoms with E-state index in [0.29, 0.717) is 49.7 Å². The SMILES string of the molecule is N#CN1CCC(C(=O)Nc2nc3c(s2)CN(C(=O)c2cccnc2)CC3)C1. The minimum atomic E-state index is -0.186. The number of likely N-dealkylation sites (tertiary alicyclic amines) is 1. The van der Waals surface area contributed by atoms with Crippen molar-refractivity contribution in [1.29, 1.82) is 5.26 Å². The Balaban J connectivity index is 1.41. The summed E-state index contributed by atoms with van der Waals surface area (Å²) in [5, 5.41) is 12.4. The van der Waals surface area contributed by atoms with Crippen molar-refractivity contribution in [2.45, 2.75) is 19.4 Å². The smallest absolute Gasteiger partial charge is 0.255 e.